The molecule has 102 valence electrons. The summed E-state index contributed by atoms with van der Waals surface area (Å²) in [5, 5.41) is 8.35. The van der Waals surface area contributed by atoms with Crippen LogP contribution in [0.1, 0.15) is 32.6 Å². The summed E-state index contributed by atoms with van der Waals surface area (Å²) < 4.78 is 45.2. The van der Waals surface area contributed by atoms with Gasteiger partial charge in [-0.1, -0.05) is 0 Å². The van der Waals surface area contributed by atoms with Crippen LogP contribution in [-0.2, 0) is 17.5 Å². The zero-order valence-corrected chi connectivity index (χ0v) is 9.96. The van der Waals surface area contributed by atoms with Crippen LogP contribution in [0.5, 0.6) is 0 Å². The maximum Gasteiger partial charge on any atom is 0.470 e. The van der Waals surface area contributed by atoms with Crippen LogP contribution in [0.15, 0.2) is 4.42 Å². The fraction of sp³-hybridized carbons (Fsp3) is 0.667. The Labute approximate surface area is 101 Å². The summed E-state index contributed by atoms with van der Waals surface area (Å²) in [6.45, 7) is 4.65. The van der Waals surface area contributed by atoms with Gasteiger partial charge in [0.25, 0.3) is 5.89 Å². The number of rotatable bonds is 2. The van der Waals surface area contributed by atoms with E-state index in [2.05, 4.69) is 24.7 Å². The second kappa shape index (κ2) is 4.83. The first-order chi connectivity index (χ1) is 8.08. The molecule has 0 spiro atoms. The normalized spacial score (nSPS) is 12.3. The second-order valence-electron chi connectivity index (χ2n) is 4.45. The number of amides is 1. The van der Waals surface area contributed by atoms with Crippen LogP contribution in [0, 0.1) is 0 Å². The van der Waals surface area contributed by atoms with Gasteiger partial charge in [0.05, 0.1) is 0 Å². The minimum Gasteiger partial charge on any atom is -0.439 e. The molecule has 0 aromatic carbocycles. The van der Waals surface area contributed by atoms with Crippen molar-refractivity contribution in [1.29, 1.82) is 0 Å². The molecule has 0 saturated heterocycles. The molecule has 0 unspecified atom stereocenters. The van der Waals surface area contributed by atoms with Crippen molar-refractivity contribution >= 4 is 6.09 Å². The molecule has 18 heavy (non-hydrogen) atoms. The molecule has 9 heteroatoms. The lowest BCUT2D eigenvalue weighted by atomic mass is 10.1. The molecule has 1 aromatic heterocycles. The topological polar surface area (TPSA) is 77.2 Å². The number of aromatic nitrogens is 2. The van der Waals surface area contributed by atoms with Crippen LogP contribution >= 0.6 is 0 Å². The largest absolute Gasteiger partial charge is 0.470 e. The van der Waals surface area contributed by atoms with E-state index in [0.717, 1.165) is 0 Å². The van der Waals surface area contributed by atoms with Crippen LogP contribution in [0.4, 0.5) is 18.0 Å². The number of carbonyl (C=O) groups excluding carboxylic acids is 1. The van der Waals surface area contributed by atoms with Crippen LogP contribution in [-0.4, -0.2) is 21.8 Å². The maximum atomic E-state index is 12.1. The fourth-order valence-electron chi connectivity index (χ4n) is 0.896. The highest BCUT2D eigenvalue weighted by Gasteiger charge is 2.38. The highest BCUT2D eigenvalue weighted by atomic mass is 19.4. The fourth-order valence-corrected chi connectivity index (χ4v) is 0.896. The van der Waals surface area contributed by atoms with Crippen molar-refractivity contribution < 1.29 is 27.1 Å². The second-order valence-corrected chi connectivity index (χ2v) is 4.45. The number of alkyl carbamates (subject to hydrolysis) is 1. The van der Waals surface area contributed by atoms with E-state index < -0.39 is 36.2 Å². The quantitative estimate of drug-likeness (QED) is 0.888. The van der Waals surface area contributed by atoms with Crippen molar-refractivity contribution in [2.75, 3.05) is 0 Å². The Balaban J connectivity index is 2.50. The maximum absolute atomic E-state index is 12.1. The Morgan fingerprint density at radius 2 is 1.94 bits per heavy atom. The summed E-state index contributed by atoms with van der Waals surface area (Å²) in [7, 11) is 0. The van der Waals surface area contributed by atoms with Gasteiger partial charge in [0.15, 0.2) is 6.61 Å². The zero-order valence-electron chi connectivity index (χ0n) is 9.96. The molecular formula is C9H12F3N3O3. The molecule has 0 atom stereocenters. The van der Waals surface area contributed by atoms with E-state index in [4.69, 9.17) is 0 Å². The van der Waals surface area contributed by atoms with E-state index in [1.165, 1.54) is 0 Å². The van der Waals surface area contributed by atoms with E-state index in [9.17, 15) is 18.0 Å². The Bertz CT molecular complexity index is 423. The molecule has 1 heterocycles. The zero-order chi connectivity index (χ0) is 14.0. The van der Waals surface area contributed by atoms with Crippen molar-refractivity contribution in [3.63, 3.8) is 0 Å². The van der Waals surface area contributed by atoms with Gasteiger partial charge in [0.1, 0.15) is 0 Å². The van der Waals surface area contributed by atoms with Gasteiger partial charge >= 0.3 is 18.2 Å². The summed E-state index contributed by atoms with van der Waals surface area (Å²) in [4.78, 5) is 11.2. The van der Waals surface area contributed by atoms with Crippen molar-refractivity contribution in [2.24, 2.45) is 0 Å². The van der Waals surface area contributed by atoms with Gasteiger partial charge in [0.2, 0.25) is 0 Å². The van der Waals surface area contributed by atoms with Crippen molar-refractivity contribution in [3.8, 4) is 0 Å². The third-order valence-electron chi connectivity index (χ3n) is 1.51. The number of carbonyl (C=O) groups is 1. The smallest absolute Gasteiger partial charge is 0.439 e. The highest BCUT2D eigenvalue weighted by molar-refractivity contribution is 5.67. The average Bonchev–Trinajstić information content (AvgIpc) is 2.59. The highest BCUT2D eigenvalue weighted by Crippen LogP contribution is 2.27. The van der Waals surface area contributed by atoms with E-state index in [1.807, 2.05) is 0 Å². The van der Waals surface area contributed by atoms with E-state index in [0.29, 0.717) is 0 Å². The average molecular weight is 267 g/mol. The van der Waals surface area contributed by atoms with Crippen molar-refractivity contribution in [2.45, 2.75) is 39.1 Å². The molecule has 6 nitrogen and oxygen atoms in total. The van der Waals surface area contributed by atoms with E-state index >= 15 is 0 Å². The van der Waals surface area contributed by atoms with Gasteiger partial charge < -0.3 is 14.5 Å². The first-order valence-electron chi connectivity index (χ1n) is 4.92. The van der Waals surface area contributed by atoms with Gasteiger partial charge in [-0.15, -0.1) is 10.2 Å². The number of nitrogens with one attached hydrogen (secondary N) is 1. The van der Waals surface area contributed by atoms with E-state index in [1.54, 1.807) is 20.8 Å². The Kier molecular flexibility index (Phi) is 3.82. The molecule has 1 rings (SSSR count). The molecule has 0 saturated carbocycles. The molecule has 0 fully saturated rings. The van der Waals surface area contributed by atoms with Gasteiger partial charge in [-0.2, -0.15) is 13.2 Å². The SMILES string of the molecule is CC(C)(C)NC(=O)OCc1nnc(C(F)(F)F)o1. The molecule has 0 radical (unpaired) electrons. The summed E-state index contributed by atoms with van der Waals surface area (Å²) in [6.07, 6.45) is -5.49. The number of hydrogen-bond acceptors (Lipinski definition) is 5. The third-order valence-corrected chi connectivity index (χ3v) is 1.51. The number of hydrogen-bond donors (Lipinski definition) is 1. The van der Waals surface area contributed by atoms with Crippen molar-refractivity contribution in [3.05, 3.63) is 11.8 Å². The minimum atomic E-state index is -4.71. The summed E-state index contributed by atoms with van der Waals surface area (Å²) in [5.41, 5.74) is -0.511. The predicted molar refractivity (Wildman–Crippen MR) is 52.4 cm³/mol. The van der Waals surface area contributed by atoms with E-state index in [-0.39, 0.29) is 0 Å². The summed E-state index contributed by atoms with van der Waals surface area (Å²) >= 11 is 0. The number of ether oxygens (including phenoxy) is 1. The predicted octanol–water partition coefficient (Wildman–Crippen LogP) is 2.11. The molecule has 0 aliphatic carbocycles. The van der Waals surface area contributed by atoms with Crippen LogP contribution < -0.4 is 5.32 Å². The molecule has 1 aromatic rings. The molecule has 0 aliphatic heterocycles. The summed E-state index contributed by atoms with van der Waals surface area (Å²) in [6, 6.07) is 0. The minimum absolute atomic E-state index is 0.425. The van der Waals surface area contributed by atoms with Gasteiger partial charge in [-0.05, 0) is 20.8 Å². The monoisotopic (exact) mass is 267 g/mol. The third kappa shape index (κ3) is 4.60. The molecule has 0 aliphatic rings. The first kappa shape index (κ1) is 14.3. The molecular weight excluding hydrogens is 255 g/mol. The number of alkyl halides is 3. The number of halogens is 3. The number of nitrogens with zero attached hydrogens (tertiary/aromatic N) is 2. The lowest BCUT2D eigenvalue weighted by Gasteiger charge is -2.19. The molecule has 0 bridgehead atoms. The lowest BCUT2D eigenvalue weighted by molar-refractivity contribution is -0.157. The Morgan fingerprint density at radius 3 is 2.39 bits per heavy atom. The summed E-state index contributed by atoms with van der Waals surface area (Å²) in [5.74, 6) is -1.90. The first-order valence-corrected chi connectivity index (χ1v) is 4.92. The molecule has 1 amide bonds. The van der Waals surface area contributed by atoms with Gasteiger partial charge in [-0.25, -0.2) is 4.79 Å². The Hall–Kier alpha value is -1.80. The Morgan fingerprint density at radius 1 is 1.33 bits per heavy atom. The van der Waals surface area contributed by atoms with Crippen LogP contribution in [0.25, 0.3) is 0 Å². The van der Waals surface area contributed by atoms with Crippen LogP contribution in [0.2, 0.25) is 0 Å². The standard InChI is InChI=1S/C9H12F3N3O3/c1-8(2,3)13-7(16)17-4-5-14-15-6(18-5)9(10,11)12/h4H2,1-3H3,(H,13,16). The van der Waals surface area contributed by atoms with Gasteiger partial charge in [-0.3, -0.25) is 0 Å². The van der Waals surface area contributed by atoms with Crippen molar-refractivity contribution in [1.82, 2.24) is 15.5 Å². The molecule has 1 N–H and O–H groups in total. The lowest BCUT2D eigenvalue weighted by Crippen LogP contribution is -2.40. The van der Waals surface area contributed by atoms with Crippen LogP contribution in [0.3, 0.4) is 0 Å². The van der Waals surface area contributed by atoms with Gasteiger partial charge in [0, 0.05) is 5.54 Å².